The quantitative estimate of drug-likeness (QED) is 0.342. The lowest BCUT2D eigenvalue weighted by Gasteiger charge is -2.21. The van der Waals surface area contributed by atoms with Gasteiger partial charge < -0.3 is 5.32 Å². The molecule has 0 aliphatic heterocycles. The van der Waals surface area contributed by atoms with Gasteiger partial charge in [0, 0.05) is 12.2 Å². The molecule has 1 heterocycles. The first-order valence-corrected chi connectivity index (χ1v) is 13.9. The molecule has 2 N–H and O–H groups in total. The van der Waals surface area contributed by atoms with Crippen LogP contribution in [0.15, 0.2) is 47.4 Å². The zero-order valence-corrected chi connectivity index (χ0v) is 21.2. The molecule has 0 amide bonds. The Morgan fingerprint density at radius 3 is 2.37 bits per heavy atom. The Labute approximate surface area is 207 Å². The molecule has 188 valence electrons. The topological polar surface area (TPSA) is 71.1 Å². The third kappa shape index (κ3) is 6.16. The van der Waals surface area contributed by atoms with Gasteiger partial charge in [0.15, 0.2) is 5.13 Å². The predicted molar refractivity (Wildman–Crippen MR) is 134 cm³/mol. The van der Waals surface area contributed by atoms with E-state index in [0.29, 0.717) is 11.5 Å². The SMILES string of the molecule is Cc1ccc(-c2sc(NCC3CCCCC3)nc2C)cc1S(=O)(=O)Nc1ccc(C(F)(F)F)cc1. The Hall–Kier alpha value is -2.59. The molecular weight excluding hydrogens is 495 g/mol. The highest BCUT2D eigenvalue weighted by Crippen LogP contribution is 2.36. The summed E-state index contributed by atoms with van der Waals surface area (Å²) in [6.45, 7) is 4.46. The maximum Gasteiger partial charge on any atom is 0.416 e. The van der Waals surface area contributed by atoms with Gasteiger partial charge in [0.2, 0.25) is 0 Å². The second kappa shape index (κ2) is 10.2. The molecule has 1 saturated carbocycles. The van der Waals surface area contributed by atoms with Gasteiger partial charge in [-0.1, -0.05) is 42.7 Å². The predicted octanol–water partition coefficient (Wildman–Crippen LogP) is 7.24. The van der Waals surface area contributed by atoms with E-state index in [9.17, 15) is 21.6 Å². The monoisotopic (exact) mass is 523 g/mol. The molecule has 1 aliphatic carbocycles. The van der Waals surface area contributed by atoms with E-state index >= 15 is 0 Å². The molecule has 35 heavy (non-hydrogen) atoms. The number of thiazole rings is 1. The second-order valence-electron chi connectivity index (χ2n) is 8.98. The maximum absolute atomic E-state index is 13.1. The largest absolute Gasteiger partial charge is 0.416 e. The number of nitrogens with one attached hydrogen (secondary N) is 2. The van der Waals surface area contributed by atoms with Crippen molar-refractivity contribution < 1.29 is 21.6 Å². The fraction of sp³-hybridized carbons (Fsp3) is 0.400. The van der Waals surface area contributed by atoms with E-state index in [2.05, 4.69) is 15.0 Å². The molecule has 0 bridgehead atoms. The van der Waals surface area contributed by atoms with Crippen molar-refractivity contribution in [2.45, 2.75) is 57.0 Å². The van der Waals surface area contributed by atoms with Crippen LogP contribution >= 0.6 is 11.3 Å². The van der Waals surface area contributed by atoms with Crippen LogP contribution in [-0.4, -0.2) is 19.9 Å². The number of nitrogens with zero attached hydrogens (tertiary/aromatic N) is 1. The van der Waals surface area contributed by atoms with Crippen molar-refractivity contribution in [3.8, 4) is 10.4 Å². The van der Waals surface area contributed by atoms with E-state index in [0.717, 1.165) is 52.1 Å². The molecule has 1 fully saturated rings. The number of benzene rings is 2. The highest BCUT2D eigenvalue weighted by Gasteiger charge is 2.30. The normalized spacial score (nSPS) is 15.2. The molecule has 10 heteroatoms. The fourth-order valence-electron chi connectivity index (χ4n) is 4.33. The molecule has 1 aliphatic rings. The summed E-state index contributed by atoms with van der Waals surface area (Å²) in [5, 5.41) is 4.26. The second-order valence-corrected chi connectivity index (χ2v) is 11.6. The number of aryl methyl sites for hydroxylation is 2. The lowest BCUT2D eigenvalue weighted by molar-refractivity contribution is -0.137. The van der Waals surface area contributed by atoms with Crippen molar-refractivity contribution in [2.75, 3.05) is 16.6 Å². The van der Waals surface area contributed by atoms with Gasteiger partial charge in [-0.25, -0.2) is 13.4 Å². The maximum atomic E-state index is 13.1. The first-order valence-electron chi connectivity index (χ1n) is 11.6. The summed E-state index contributed by atoms with van der Waals surface area (Å²) >= 11 is 1.49. The summed E-state index contributed by atoms with van der Waals surface area (Å²) < 4.78 is 67.0. The molecule has 5 nitrogen and oxygen atoms in total. The van der Waals surface area contributed by atoms with Crippen LogP contribution in [0, 0.1) is 19.8 Å². The highest BCUT2D eigenvalue weighted by molar-refractivity contribution is 7.92. The van der Waals surface area contributed by atoms with Gasteiger partial charge in [0.05, 0.1) is 21.0 Å². The Bertz CT molecular complexity index is 1280. The van der Waals surface area contributed by atoms with Gasteiger partial charge in [-0.05, 0) is 74.1 Å². The van der Waals surface area contributed by atoms with Crippen LogP contribution in [0.3, 0.4) is 0 Å². The van der Waals surface area contributed by atoms with E-state index in [1.807, 2.05) is 13.0 Å². The Morgan fingerprint density at radius 2 is 1.71 bits per heavy atom. The van der Waals surface area contributed by atoms with Gasteiger partial charge >= 0.3 is 6.18 Å². The first-order chi connectivity index (χ1) is 16.5. The summed E-state index contributed by atoms with van der Waals surface area (Å²) in [4.78, 5) is 5.58. The number of hydrogen-bond acceptors (Lipinski definition) is 5. The van der Waals surface area contributed by atoms with Crippen molar-refractivity contribution >= 4 is 32.2 Å². The molecule has 0 atom stereocenters. The zero-order chi connectivity index (χ0) is 25.2. The van der Waals surface area contributed by atoms with Crippen molar-refractivity contribution in [1.29, 1.82) is 0 Å². The number of anilines is 2. The number of sulfonamides is 1. The average Bonchev–Trinajstić information content (AvgIpc) is 3.18. The lowest BCUT2D eigenvalue weighted by atomic mass is 9.89. The van der Waals surface area contributed by atoms with Crippen LogP contribution in [0.4, 0.5) is 24.0 Å². The first kappa shape index (κ1) is 25.5. The van der Waals surface area contributed by atoms with Crippen molar-refractivity contribution in [2.24, 2.45) is 5.92 Å². The number of rotatable bonds is 7. The van der Waals surface area contributed by atoms with E-state index in [4.69, 9.17) is 0 Å². The van der Waals surface area contributed by atoms with Gasteiger partial charge in [0.1, 0.15) is 0 Å². The van der Waals surface area contributed by atoms with E-state index in [-0.39, 0.29) is 10.6 Å². The van der Waals surface area contributed by atoms with E-state index in [1.165, 1.54) is 43.4 Å². The Morgan fingerprint density at radius 1 is 1.03 bits per heavy atom. The van der Waals surface area contributed by atoms with Crippen LogP contribution in [0.2, 0.25) is 0 Å². The standard InChI is InChI=1S/C25H28F3N3O2S2/c1-16-8-9-19(23-17(2)30-24(34-23)29-15-18-6-4-3-5-7-18)14-22(16)35(32,33)31-21-12-10-20(11-13-21)25(26,27)28/h8-14,18,31H,3-7,15H2,1-2H3,(H,29,30). The van der Waals surface area contributed by atoms with Crippen LogP contribution in [0.25, 0.3) is 10.4 Å². The Kier molecular flexibility index (Phi) is 7.42. The summed E-state index contributed by atoms with van der Waals surface area (Å²) in [5.41, 5.74) is 1.29. The molecule has 4 rings (SSSR count). The third-order valence-corrected chi connectivity index (χ3v) is 8.96. The molecule has 0 unspecified atom stereocenters. The minimum absolute atomic E-state index is 0.0611. The van der Waals surface area contributed by atoms with E-state index in [1.54, 1.807) is 19.1 Å². The molecule has 2 aromatic carbocycles. The van der Waals surface area contributed by atoms with Gasteiger partial charge in [0.25, 0.3) is 10.0 Å². The van der Waals surface area contributed by atoms with Crippen molar-refractivity contribution in [3.05, 3.63) is 59.3 Å². The van der Waals surface area contributed by atoms with Crippen LogP contribution in [-0.2, 0) is 16.2 Å². The van der Waals surface area contributed by atoms with Gasteiger partial charge in [-0.15, -0.1) is 0 Å². The minimum Gasteiger partial charge on any atom is -0.361 e. The van der Waals surface area contributed by atoms with Crippen LogP contribution in [0.1, 0.15) is 48.9 Å². The number of hydrogen-bond donors (Lipinski definition) is 2. The molecular formula is C25H28F3N3O2S2. The fourth-order valence-corrected chi connectivity index (χ4v) is 6.63. The molecule has 0 saturated heterocycles. The lowest BCUT2D eigenvalue weighted by Crippen LogP contribution is -2.16. The number of alkyl halides is 3. The van der Waals surface area contributed by atoms with Crippen LogP contribution < -0.4 is 10.0 Å². The molecule has 0 radical (unpaired) electrons. The van der Waals surface area contributed by atoms with Crippen molar-refractivity contribution in [3.63, 3.8) is 0 Å². The summed E-state index contributed by atoms with van der Waals surface area (Å²) in [5.74, 6) is 0.656. The third-order valence-electron chi connectivity index (χ3n) is 6.27. The Balaban J connectivity index is 1.54. The summed E-state index contributed by atoms with van der Waals surface area (Å²) in [6.07, 6.45) is 1.83. The smallest absolute Gasteiger partial charge is 0.361 e. The minimum atomic E-state index is -4.49. The highest BCUT2D eigenvalue weighted by atomic mass is 32.2. The molecule has 0 spiro atoms. The molecule has 1 aromatic heterocycles. The zero-order valence-electron chi connectivity index (χ0n) is 19.6. The van der Waals surface area contributed by atoms with Crippen LogP contribution in [0.5, 0.6) is 0 Å². The molecule has 3 aromatic rings. The summed E-state index contributed by atoms with van der Waals surface area (Å²) in [6, 6.07) is 9.09. The average molecular weight is 524 g/mol. The number of aromatic nitrogens is 1. The van der Waals surface area contributed by atoms with Gasteiger partial charge in [-0.2, -0.15) is 13.2 Å². The summed E-state index contributed by atoms with van der Waals surface area (Å²) in [7, 11) is -4.02. The van der Waals surface area contributed by atoms with E-state index < -0.39 is 21.8 Å². The number of halogens is 3. The van der Waals surface area contributed by atoms with Gasteiger partial charge in [-0.3, -0.25) is 4.72 Å². The van der Waals surface area contributed by atoms with Crippen molar-refractivity contribution in [1.82, 2.24) is 4.98 Å².